The van der Waals surface area contributed by atoms with Crippen LogP contribution in [0, 0.1) is 12.8 Å². The van der Waals surface area contributed by atoms with Crippen molar-refractivity contribution in [2.45, 2.75) is 57.0 Å². The van der Waals surface area contributed by atoms with Gasteiger partial charge in [0, 0.05) is 6.54 Å². The van der Waals surface area contributed by atoms with E-state index >= 15 is 0 Å². The summed E-state index contributed by atoms with van der Waals surface area (Å²) >= 11 is 0. The van der Waals surface area contributed by atoms with Gasteiger partial charge in [-0.2, -0.15) is 4.31 Å². The Morgan fingerprint density at radius 2 is 1.92 bits per heavy atom. The van der Waals surface area contributed by atoms with E-state index in [2.05, 4.69) is 5.32 Å². The zero-order valence-electron chi connectivity index (χ0n) is 15.3. The highest BCUT2D eigenvalue weighted by Gasteiger charge is 2.40. The van der Waals surface area contributed by atoms with Gasteiger partial charge < -0.3 is 10.4 Å². The maximum absolute atomic E-state index is 12.9. The van der Waals surface area contributed by atoms with E-state index in [0.29, 0.717) is 19.3 Å². The summed E-state index contributed by atoms with van der Waals surface area (Å²) in [6, 6.07) is 4.56. The first-order valence-corrected chi connectivity index (χ1v) is 10.2. The number of nitrogens with one attached hydrogen (secondary N) is 1. The molecule has 1 aliphatic heterocycles. The summed E-state index contributed by atoms with van der Waals surface area (Å²) in [5.41, 5.74) is 0.942. The third-order valence-corrected chi connectivity index (χ3v) is 6.83. The molecular weight excluding hydrogens is 356 g/mol. The second kappa shape index (κ2) is 8.18. The average Bonchev–Trinajstić information content (AvgIpc) is 3.09. The van der Waals surface area contributed by atoms with E-state index in [1.54, 1.807) is 19.1 Å². The van der Waals surface area contributed by atoms with Crippen molar-refractivity contribution in [2.75, 3.05) is 6.54 Å². The van der Waals surface area contributed by atoms with Crippen molar-refractivity contribution < 1.29 is 23.1 Å². The quantitative estimate of drug-likeness (QED) is 0.748. The standard InChI is InChI=1S/C18H26N2O5S/c1-4-13(3)16(18(22)23)19-17(21)15-6-5-11-20(15)26(24,25)14-9-7-12(2)8-10-14/h7-10,13,15-16H,4-6,11H2,1-3H3,(H,19,21)(H,22,23)/t13?,15-,16-/m0/s1. The normalized spacial score (nSPS) is 20.5. The van der Waals surface area contributed by atoms with Gasteiger partial charge in [-0.15, -0.1) is 0 Å². The molecule has 1 aromatic carbocycles. The van der Waals surface area contributed by atoms with Gasteiger partial charge >= 0.3 is 5.97 Å². The van der Waals surface area contributed by atoms with Crippen molar-refractivity contribution in [1.29, 1.82) is 0 Å². The molecule has 0 aliphatic carbocycles. The number of hydrogen-bond acceptors (Lipinski definition) is 4. The van der Waals surface area contributed by atoms with Crippen molar-refractivity contribution in [2.24, 2.45) is 5.92 Å². The summed E-state index contributed by atoms with van der Waals surface area (Å²) in [4.78, 5) is 24.2. The van der Waals surface area contributed by atoms with Crippen molar-refractivity contribution >= 4 is 21.9 Å². The predicted molar refractivity (Wildman–Crippen MR) is 97.1 cm³/mol. The molecular formula is C18H26N2O5S. The van der Waals surface area contributed by atoms with Crippen LogP contribution in [-0.2, 0) is 19.6 Å². The number of rotatable bonds is 7. The van der Waals surface area contributed by atoms with Gasteiger partial charge in [0.25, 0.3) is 0 Å². The second-order valence-electron chi connectivity index (χ2n) is 6.80. The Hall–Kier alpha value is -1.93. The summed E-state index contributed by atoms with van der Waals surface area (Å²) in [6.07, 6.45) is 1.53. The Bertz CT molecular complexity index is 760. The number of carboxylic acids is 1. The molecule has 26 heavy (non-hydrogen) atoms. The molecule has 2 N–H and O–H groups in total. The first-order chi connectivity index (χ1) is 12.2. The van der Waals surface area contributed by atoms with Crippen molar-refractivity contribution in [3.8, 4) is 0 Å². The van der Waals surface area contributed by atoms with Crippen LogP contribution >= 0.6 is 0 Å². The Kier molecular flexibility index (Phi) is 6.41. The Balaban J connectivity index is 2.22. The molecule has 1 heterocycles. The molecule has 3 atom stereocenters. The van der Waals surface area contributed by atoms with Crippen LogP contribution in [0.25, 0.3) is 0 Å². The van der Waals surface area contributed by atoms with Crippen LogP contribution in [0.2, 0.25) is 0 Å². The molecule has 1 aromatic rings. The summed E-state index contributed by atoms with van der Waals surface area (Å²) in [5, 5.41) is 11.9. The maximum atomic E-state index is 12.9. The fourth-order valence-electron chi connectivity index (χ4n) is 3.07. The van der Waals surface area contributed by atoms with E-state index in [9.17, 15) is 23.1 Å². The van der Waals surface area contributed by atoms with Gasteiger partial charge in [0.15, 0.2) is 0 Å². The lowest BCUT2D eigenvalue weighted by molar-refractivity contribution is -0.143. The molecule has 0 spiro atoms. The predicted octanol–water partition coefficient (Wildman–Crippen LogP) is 1.76. The Morgan fingerprint density at radius 1 is 1.31 bits per heavy atom. The molecule has 0 saturated carbocycles. The van der Waals surface area contributed by atoms with Crippen LogP contribution in [0.4, 0.5) is 0 Å². The molecule has 2 rings (SSSR count). The lowest BCUT2D eigenvalue weighted by Gasteiger charge is -2.26. The largest absolute Gasteiger partial charge is 0.480 e. The summed E-state index contributed by atoms with van der Waals surface area (Å²) in [5.74, 6) is -1.91. The molecule has 144 valence electrons. The molecule has 0 bridgehead atoms. The van der Waals surface area contributed by atoms with E-state index < -0.39 is 34.0 Å². The van der Waals surface area contributed by atoms with Gasteiger partial charge in [0.2, 0.25) is 15.9 Å². The Morgan fingerprint density at radius 3 is 2.46 bits per heavy atom. The van der Waals surface area contributed by atoms with Crippen LogP contribution in [0.3, 0.4) is 0 Å². The van der Waals surface area contributed by atoms with Gasteiger partial charge in [-0.1, -0.05) is 38.0 Å². The fraction of sp³-hybridized carbons (Fsp3) is 0.556. The minimum absolute atomic E-state index is 0.138. The van der Waals surface area contributed by atoms with Crippen molar-refractivity contribution in [3.63, 3.8) is 0 Å². The van der Waals surface area contributed by atoms with Crippen molar-refractivity contribution in [1.82, 2.24) is 9.62 Å². The van der Waals surface area contributed by atoms with Crippen LogP contribution in [0.1, 0.15) is 38.7 Å². The third-order valence-electron chi connectivity index (χ3n) is 4.91. The minimum atomic E-state index is -3.81. The molecule has 1 amide bonds. The summed E-state index contributed by atoms with van der Waals surface area (Å²) < 4.78 is 27.0. The maximum Gasteiger partial charge on any atom is 0.326 e. The molecule has 1 unspecified atom stereocenters. The van der Waals surface area contributed by atoms with E-state index in [-0.39, 0.29) is 17.4 Å². The number of carbonyl (C=O) groups is 2. The number of sulfonamides is 1. The molecule has 0 aromatic heterocycles. The number of carbonyl (C=O) groups excluding carboxylic acids is 1. The molecule has 1 saturated heterocycles. The lowest BCUT2D eigenvalue weighted by Crippen LogP contribution is -2.52. The summed E-state index contributed by atoms with van der Waals surface area (Å²) in [7, 11) is -3.81. The number of hydrogen-bond donors (Lipinski definition) is 2. The number of amides is 1. The molecule has 7 nitrogen and oxygen atoms in total. The highest BCUT2D eigenvalue weighted by molar-refractivity contribution is 7.89. The summed E-state index contributed by atoms with van der Waals surface area (Å²) in [6.45, 7) is 5.70. The number of aliphatic carboxylic acids is 1. The van der Waals surface area contributed by atoms with Gasteiger partial charge in [-0.3, -0.25) is 4.79 Å². The highest BCUT2D eigenvalue weighted by atomic mass is 32.2. The second-order valence-corrected chi connectivity index (χ2v) is 8.69. The number of aryl methyl sites for hydroxylation is 1. The van der Waals surface area contributed by atoms with Gasteiger partial charge in [0.1, 0.15) is 12.1 Å². The topological polar surface area (TPSA) is 104 Å². The van der Waals surface area contributed by atoms with Crippen LogP contribution in [0.15, 0.2) is 29.2 Å². The smallest absolute Gasteiger partial charge is 0.326 e. The first-order valence-electron chi connectivity index (χ1n) is 8.80. The van der Waals surface area contributed by atoms with E-state index in [0.717, 1.165) is 5.56 Å². The molecule has 8 heteroatoms. The molecule has 1 fully saturated rings. The first kappa shape index (κ1) is 20.4. The zero-order chi connectivity index (χ0) is 19.5. The van der Waals surface area contributed by atoms with Gasteiger partial charge in [-0.25, -0.2) is 13.2 Å². The van der Waals surface area contributed by atoms with Gasteiger partial charge in [-0.05, 0) is 37.8 Å². The third kappa shape index (κ3) is 4.24. The van der Waals surface area contributed by atoms with Crippen LogP contribution in [-0.4, -0.2) is 48.3 Å². The molecule has 0 radical (unpaired) electrons. The average molecular weight is 382 g/mol. The monoisotopic (exact) mass is 382 g/mol. The number of benzene rings is 1. The van der Waals surface area contributed by atoms with E-state index in [1.807, 2.05) is 13.8 Å². The van der Waals surface area contributed by atoms with E-state index in [4.69, 9.17) is 0 Å². The zero-order valence-corrected chi connectivity index (χ0v) is 16.1. The van der Waals surface area contributed by atoms with Crippen molar-refractivity contribution in [3.05, 3.63) is 29.8 Å². The SMILES string of the molecule is CCC(C)[C@H](NC(=O)[C@@H]1CCCN1S(=O)(=O)c1ccc(C)cc1)C(=O)O. The number of nitrogens with zero attached hydrogens (tertiary/aromatic N) is 1. The number of carboxylic acid groups (broad SMARTS) is 1. The lowest BCUT2D eigenvalue weighted by atomic mass is 9.99. The molecule has 1 aliphatic rings. The Labute approximate surface area is 154 Å². The minimum Gasteiger partial charge on any atom is -0.480 e. The highest BCUT2D eigenvalue weighted by Crippen LogP contribution is 2.26. The van der Waals surface area contributed by atoms with Crippen LogP contribution in [0.5, 0.6) is 0 Å². The van der Waals surface area contributed by atoms with E-state index in [1.165, 1.54) is 16.4 Å². The van der Waals surface area contributed by atoms with Gasteiger partial charge in [0.05, 0.1) is 4.90 Å². The van der Waals surface area contributed by atoms with Crippen LogP contribution < -0.4 is 5.32 Å². The fourth-order valence-corrected chi connectivity index (χ4v) is 4.72.